The number of carbonyl (C=O) groups is 1. The Morgan fingerprint density at radius 2 is 1.96 bits per heavy atom. The number of carbonyl (C=O) groups excluding carboxylic acids is 1. The Bertz CT molecular complexity index is 785. The molecule has 0 aromatic heterocycles. The van der Waals surface area contributed by atoms with Gasteiger partial charge in [-0.05, 0) is 24.3 Å². The number of para-hydroxylation sites is 1. The summed E-state index contributed by atoms with van der Waals surface area (Å²) in [5, 5.41) is 4.02. The van der Waals surface area contributed by atoms with Crippen molar-refractivity contribution in [1.82, 2.24) is 0 Å². The second-order valence-electron chi connectivity index (χ2n) is 5.08. The molecule has 0 radical (unpaired) electrons. The molecule has 124 valence electrons. The first-order chi connectivity index (χ1) is 11.7. The first kappa shape index (κ1) is 15.9. The highest BCUT2D eigenvalue weighted by Gasteiger charge is 2.20. The molecule has 0 bridgehead atoms. The Kier molecular flexibility index (Phi) is 4.65. The minimum Gasteiger partial charge on any atom is -0.497 e. The summed E-state index contributed by atoms with van der Waals surface area (Å²) >= 11 is 0. The molecule has 0 aliphatic carbocycles. The van der Waals surface area contributed by atoms with Crippen molar-refractivity contribution in [3.8, 4) is 17.2 Å². The number of hydrogen-bond donors (Lipinski definition) is 0. The van der Waals surface area contributed by atoms with Gasteiger partial charge in [0.25, 0.3) is 0 Å². The zero-order valence-electron chi connectivity index (χ0n) is 13.4. The van der Waals surface area contributed by atoms with Gasteiger partial charge >= 0.3 is 5.97 Å². The molecule has 1 heterocycles. The Morgan fingerprint density at radius 1 is 1.12 bits per heavy atom. The summed E-state index contributed by atoms with van der Waals surface area (Å²) in [6.07, 6.45) is 0.554. The molecule has 3 rings (SSSR count). The average Bonchev–Trinajstić information content (AvgIpc) is 2.65. The van der Waals surface area contributed by atoms with E-state index in [9.17, 15) is 4.79 Å². The van der Waals surface area contributed by atoms with Crippen LogP contribution in [0.3, 0.4) is 0 Å². The van der Waals surface area contributed by atoms with Crippen LogP contribution in [0.25, 0.3) is 0 Å². The molecular weight excluding hydrogens is 310 g/mol. The molecule has 0 spiro atoms. The normalized spacial score (nSPS) is 14.5. The van der Waals surface area contributed by atoms with E-state index in [4.69, 9.17) is 19.0 Å². The monoisotopic (exact) mass is 327 g/mol. The van der Waals surface area contributed by atoms with Crippen molar-refractivity contribution >= 4 is 11.7 Å². The first-order valence-electron chi connectivity index (χ1n) is 7.45. The van der Waals surface area contributed by atoms with Crippen molar-refractivity contribution in [3.05, 3.63) is 53.6 Å². The number of hydrogen-bond acceptors (Lipinski definition) is 6. The van der Waals surface area contributed by atoms with Gasteiger partial charge in [0.15, 0.2) is 0 Å². The number of fused-ring (bicyclic) bond motifs is 1. The van der Waals surface area contributed by atoms with Crippen molar-refractivity contribution in [1.29, 1.82) is 0 Å². The molecule has 0 amide bonds. The lowest BCUT2D eigenvalue weighted by atomic mass is 10.0. The maximum absolute atomic E-state index is 12.2. The molecule has 1 aliphatic rings. The lowest BCUT2D eigenvalue weighted by Crippen LogP contribution is -2.17. The van der Waals surface area contributed by atoms with E-state index >= 15 is 0 Å². The van der Waals surface area contributed by atoms with Crippen LogP contribution in [0.5, 0.6) is 17.2 Å². The van der Waals surface area contributed by atoms with E-state index in [2.05, 4.69) is 5.16 Å². The van der Waals surface area contributed by atoms with Gasteiger partial charge in [0.2, 0.25) is 0 Å². The lowest BCUT2D eigenvalue weighted by molar-refractivity contribution is 0.0511. The van der Waals surface area contributed by atoms with Gasteiger partial charge in [-0.25, -0.2) is 4.79 Å². The number of methoxy groups -OCH3 is 2. The second-order valence-corrected chi connectivity index (χ2v) is 5.08. The van der Waals surface area contributed by atoms with E-state index < -0.39 is 5.97 Å². The molecule has 6 nitrogen and oxygen atoms in total. The molecule has 0 unspecified atom stereocenters. The molecule has 6 heteroatoms. The summed E-state index contributed by atoms with van der Waals surface area (Å²) in [5.74, 6) is 1.23. The first-order valence-corrected chi connectivity index (χ1v) is 7.45. The van der Waals surface area contributed by atoms with Crippen LogP contribution in [0.15, 0.2) is 47.6 Å². The minimum absolute atomic E-state index is 0.325. The van der Waals surface area contributed by atoms with Crippen LogP contribution in [0, 0.1) is 0 Å². The van der Waals surface area contributed by atoms with Crippen molar-refractivity contribution in [3.63, 3.8) is 0 Å². The highest BCUT2D eigenvalue weighted by Crippen LogP contribution is 2.29. The summed E-state index contributed by atoms with van der Waals surface area (Å²) in [6.45, 7) is 0.464. The summed E-state index contributed by atoms with van der Waals surface area (Å²) in [4.78, 5) is 17.3. The van der Waals surface area contributed by atoms with Crippen molar-refractivity contribution in [2.24, 2.45) is 5.16 Å². The Labute approximate surface area is 139 Å². The van der Waals surface area contributed by atoms with Crippen LogP contribution < -0.4 is 14.2 Å². The number of benzene rings is 2. The predicted octanol–water partition coefficient (Wildman–Crippen LogP) is 3.05. The standard InChI is InChI=1S/C18H17NO5/c1-21-12-7-8-13-15(9-10-23-17(13)11-12)19-24-18(20)14-5-3-4-6-16(14)22-2/h3-8,11H,9-10H2,1-2H3. The van der Waals surface area contributed by atoms with E-state index in [0.29, 0.717) is 41.6 Å². The largest absolute Gasteiger partial charge is 0.497 e. The van der Waals surface area contributed by atoms with Gasteiger partial charge in [-0.15, -0.1) is 0 Å². The molecule has 0 fully saturated rings. The molecule has 1 aliphatic heterocycles. The summed E-state index contributed by atoms with van der Waals surface area (Å²) in [7, 11) is 3.09. The summed E-state index contributed by atoms with van der Waals surface area (Å²) in [6, 6.07) is 12.3. The highest BCUT2D eigenvalue weighted by molar-refractivity contribution is 6.04. The molecule has 0 saturated heterocycles. The van der Waals surface area contributed by atoms with Crippen LogP contribution in [-0.2, 0) is 4.84 Å². The second kappa shape index (κ2) is 7.04. The molecule has 0 atom stereocenters. The zero-order chi connectivity index (χ0) is 16.9. The van der Waals surface area contributed by atoms with Crippen LogP contribution in [0.1, 0.15) is 22.3 Å². The fourth-order valence-corrected chi connectivity index (χ4v) is 2.43. The molecule has 0 N–H and O–H groups in total. The minimum atomic E-state index is -0.568. The van der Waals surface area contributed by atoms with Crippen LogP contribution >= 0.6 is 0 Å². The van der Waals surface area contributed by atoms with Crippen LogP contribution in [-0.4, -0.2) is 32.5 Å². The molecule has 0 saturated carbocycles. The average molecular weight is 327 g/mol. The Morgan fingerprint density at radius 3 is 2.75 bits per heavy atom. The highest BCUT2D eigenvalue weighted by atomic mass is 16.7. The lowest BCUT2D eigenvalue weighted by Gasteiger charge is -2.19. The summed E-state index contributed by atoms with van der Waals surface area (Å²) < 4.78 is 15.9. The molecular formula is C18H17NO5. The maximum Gasteiger partial charge on any atom is 0.369 e. The van der Waals surface area contributed by atoms with E-state index in [0.717, 1.165) is 5.56 Å². The van der Waals surface area contributed by atoms with E-state index in [1.807, 2.05) is 12.1 Å². The third kappa shape index (κ3) is 3.17. The Balaban J connectivity index is 1.82. The molecule has 24 heavy (non-hydrogen) atoms. The molecule has 2 aromatic carbocycles. The van der Waals surface area contributed by atoms with Gasteiger partial charge < -0.3 is 19.0 Å². The van der Waals surface area contributed by atoms with Gasteiger partial charge in [-0.1, -0.05) is 17.3 Å². The van der Waals surface area contributed by atoms with Gasteiger partial charge in [-0.3, -0.25) is 0 Å². The quantitative estimate of drug-likeness (QED) is 0.638. The van der Waals surface area contributed by atoms with Crippen LogP contribution in [0.4, 0.5) is 0 Å². The van der Waals surface area contributed by atoms with Gasteiger partial charge in [-0.2, -0.15) is 0 Å². The number of oxime groups is 1. The third-order valence-electron chi connectivity index (χ3n) is 3.66. The summed E-state index contributed by atoms with van der Waals surface area (Å²) in [5.41, 5.74) is 1.77. The zero-order valence-corrected chi connectivity index (χ0v) is 13.4. The maximum atomic E-state index is 12.2. The fraction of sp³-hybridized carbons (Fsp3) is 0.222. The SMILES string of the molecule is COc1ccc2c(c1)OCCC2=NOC(=O)c1ccccc1OC. The smallest absolute Gasteiger partial charge is 0.369 e. The van der Waals surface area contributed by atoms with Gasteiger partial charge in [0, 0.05) is 18.1 Å². The van der Waals surface area contributed by atoms with Gasteiger partial charge in [0.05, 0.1) is 26.5 Å². The topological polar surface area (TPSA) is 66.3 Å². The van der Waals surface area contributed by atoms with E-state index in [1.54, 1.807) is 37.4 Å². The number of rotatable bonds is 4. The van der Waals surface area contributed by atoms with E-state index in [1.165, 1.54) is 7.11 Å². The van der Waals surface area contributed by atoms with Crippen LogP contribution in [0.2, 0.25) is 0 Å². The van der Waals surface area contributed by atoms with Crippen molar-refractivity contribution in [2.75, 3.05) is 20.8 Å². The predicted molar refractivity (Wildman–Crippen MR) is 88.1 cm³/mol. The van der Waals surface area contributed by atoms with Gasteiger partial charge in [0.1, 0.15) is 22.8 Å². The number of ether oxygens (including phenoxy) is 3. The van der Waals surface area contributed by atoms with Crippen molar-refractivity contribution in [2.45, 2.75) is 6.42 Å². The van der Waals surface area contributed by atoms with E-state index in [-0.39, 0.29) is 0 Å². The fourth-order valence-electron chi connectivity index (χ4n) is 2.43. The van der Waals surface area contributed by atoms with Crippen molar-refractivity contribution < 1.29 is 23.8 Å². The number of nitrogens with zero attached hydrogens (tertiary/aromatic N) is 1. The molecule has 2 aromatic rings. The Hall–Kier alpha value is -3.02. The third-order valence-corrected chi connectivity index (χ3v) is 3.66.